The molecule has 0 spiro atoms. The van der Waals surface area contributed by atoms with Crippen molar-refractivity contribution in [1.29, 1.82) is 0 Å². The number of nitrogen functional groups attached to an aromatic ring is 1. The minimum atomic E-state index is -1.95. The van der Waals surface area contributed by atoms with Crippen LogP contribution in [0.5, 0.6) is 5.75 Å². The Labute approximate surface area is 97.7 Å². The van der Waals surface area contributed by atoms with Crippen LogP contribution in [0.3, 0.4) is 0 Å². The van der Waals surface area contributed by atoms with Gasteiger partial charge in [0.1, 0.15) is 17.3 Å². The predicted molar refractivity (Wildman–Crippen MR) is 68.6 cm³/mol. The smallest absolute Gasteiger partial charge is 0.250 e. The molecule has 1 aromatic carbocycles. The predicted octanol–water partition coefficient (Wildman–Crippen LogP) is 3.79. The Bertz CT molecular complexity index is 385. The van der Waals surface area contributed by atoms with Crippen LogP contribution in [-0.4, -0.2) is 8.32 Å². The number of anilines is 1. The van der Waals surface area contributed by atoms with E-state index in [1.807, 2.05) is 0 Å². The molecule has 0 aliphatic rings. The van der Waals surface area contributed by atoms with Crippen molar-refractivity contribution >= 4 is 14.0 Å². The molecule has 1 rings (SSSR count). The number of benzene rings is 1. The highest BCUT2D eigenvalue weighted by Gasteiger charge is 2.39. The van der Waals surface area contributed by atoms with Crippen molar-refractivity contribution in [3.05, 3.63) is 24.0 Å². The van der Waals surface area contributed by atoms with Crippen LogP contribution in [0.1, 0.15) is 20.8 Å². The van der Waals surface area contributed by atoms with E-state index in [0.29, 0.717) is 5.75 Å². The monoisotopic (exact) mass is 241 g/mol. The lowest BCUT2D eigenvalue weighted by Crippen LogP contribution is -2.44. The number of rotatable bonds is 2. The van der Waals surface area contributed by atoms with Crippen LogP contribution in [0.15, 0.2) is 18.2 Å². The molecule has 2 nitrogen and oxygen atoms in total. The molecule has 0 saturated carbocycles. The van der Waals surface area contributed by atoms with Gasteiger partial charge < -0.3 is 10.2 Å². The van der Waals surface area contributed by atoms with Gasteiger partial charge in [0.05, 0.1) is 0 Å². The Hall–Kier alpha value is -1.03. The lowest BCUT2D eigenvalue weighted by atomic mass is 10.2. The third-order valence-corrected chi connectivity index (χ3v) is 7.53. The number of halogens is 1. The van der Waals surface area contributed by atoms with Gasteiger partial charge in [-0.3, -0.25) is 0 Å². The molecule has 0 bridgehead atoms. The highest BCUT2D eigenvalue weighted by Crippen LogP contribution is 2.39. The summed E-state index contributed by atoms with van der Waals surface area (Å²) in [6, 6.07) is 4.68. The molecule has 0 radical (unpaired) electrons. The lowest BCUT2D eigenvalue weighted by Gasteiger charge is -2.36. The molecular weight excluding hydrogens is 221 g/mol. The van der Waals surface area contributed by atoms with Gasteiger partial charge in [0.15, 0.2) is 0 Å². The van der Waals surface area contributed by atoms with Crippen molar-refractivity contribution < 1.29 is 8.82 Å². The van der Waals surface area contributed by atoms with Crippen LogP contribution in [0.2, 0.25) is 18.1 Å². The van der Waals surface area contributed by atoms with Crippen LogP contribution < -0.4 is 10.2 Å². The number of nitrogens with two attached hydrogens (primary N) is 1. The molecule has 2 N–H and O–H groups in total. The molecule has 0 amide bonds. The molecule has 0 atom stereocenters. The molecule has 1 aromatic rings. The van der Waals surface area contributed by atoms with E-state index in [1.165, 1.54) is 6.07 Å². The first-order chi connectivity index (χ1) is 7.15. The van der Waals surface area contributed by atoms with Crippen LogP contribution in [0.25, 0.3) is 0 Å². The van der Waals surface area contributed by atoms with Crippen molar-refractivity contribution in [2.24, 2.45) is 0 Å². The van der Waals surface area contributed by atoms with Crippen molar-refractivity contribution in [2.45, 2.75) is 38.9 Å². The maximum atomic E-state index is 13.3. The molecule has 4 heteroatoms. The van der Waals surface area contributed by atoms with Gasteiger partial charge in [-0.15, -0.1) is 0 Å². The zero-order valence-electron chi connectivity index (χ0n) is 10.6. The minimum Gasteiger partial charge on any atom is -0.542 e. The second kappa shape index (κ2) is 4.09. The maximum Gasteiger partial charge on any atom is 0.250 e. The van der Waals surface area contributed by atoms with E-state index in [0.717, 1.165) is 0 Å². The highest BCUT2D eigenvalue weighted by molar-refractivity contribution is 6.74. The highest BCUT2D eigenvalue weighted by atomic mass is 28.4. The minimum absolute atomic E-state index is 0.0752. The molecule has 90 valence electrons. The van der Waals surface area contributed by atoms with Crippen LogP contribution in [0, 0.1) is 5.82 Å². The summed E-state index contributed by atoms with van der Waals surface area (Å²) < 4.78 is 19.2. The molecule has 0 aliphatic carbocycles. The van der Waals surface area contributed by atoms with Gasteiger partial charge in [-0.25, -0.2) is 4.39 Å². The zero-order chi connectivity index (χ0) is 12.6. The summed E-state index contributed by atoms with van der Waals surface area (Å²) in [5, 5.41) is 0.0752. The zero-order valence-corrected chi connectivity index (χ0v) is 11.6. The third kappa shape index (κ3) is 2.55. The molecule has 0 aliphatic heterocycles. The Kier molecular flexibility index (Phi) is 3.33. The van der Waals surface area contributed by atoms with Crippen LogP contribution in [0.4, 0.5) is 10.1 Å². The fourth-order valence-corrected chi connectivity index (χ4v) is 2.07. The first-order valence-corrected chi connectivity index (χ1v) is 8.29. The molecule has 0 unspecified atom stereocenters. The molecule has 0 saturated heterocycles. The Balaban J connectivity index is 3.02. The average Bonchev–Trinajstić information content (AvgIpc) is 2.11. The Morgan fingerprint density at radius 3 is 2.31 bits per heavy atom. The molecule has 0 fully saturated rings. The second-order valence-electron chi connectivity index (χ2n) is 5.51. The number of hydrogen-bond acceptors (Lipinski definition) is 2. The number of para-hydroxylation sites is 1. The number of hydrogen-bond donors (Lipinski definition) is 1. The topological polar surface area (TPSA) is 35.2 Å². The lowest BCUT2D eigenvalue weighted by molar-refractivity contribution is 0.490. The SMILES string of the molecule is CC(C)(C)[Si](C)(C)Oc1cccc(F)c1N. The maximum absolute atomic E-state index is 13.3. The van der Waals surface area contributed by atoms with Crippen LogP contribution >= 0.6 is 0 Å². The van der Waals surface area contributed by atoms with Crippen LogP contribution in [-0.2, 0) is 0 Å². The average molecular weight is 241 g/mol. The van der Waals surface area contributed by atoms with Crippen molar-refractivity contribution in [1.82, 2.24) is 0 Å². The van der Waals surface area contributed by atoms with E-state index in [1.54, 1.807) is 12.1 Å². The molecular formula is C12H20FNOSi. The van der Waals surface area contributed by atoms with Gasteiger partial charge in [0.2, 0.25) is 0 Å². The third-order valence-electron chi connectivity index (χ3n) is 3.18. The molecule has 0 heterocycles. The van der Waals surface area contributed by atoms with Crippen molar-refractivity contribution in [3.63, 3.8) is 0 Å². The summed E-state index contributed by atoms with van der Waals surface area (Å²) in [5.74, 6) is 0.0443. The fraction of sp³-hybridized carbons (Fsp3) is 0.500. The van der Waals surface area contributed by atoms with Gasteiger partial charge >= 0.3 is 0 Å². The first-order valence-electron chi connectivity index (χ1n) is 5.38. The van der Waals surface area contributed by atoms with Crippen molar-refractivity contribution in [2.75, 3.05) is 5.73 Å². The molecule has 16 heavy (non-hydrogen) atoms. The van der Waals surface area contributed by atoms with Gasteiger partial charge in [-0.1, -0.05) is 26.8 Å². The van der Waals surface area contributed by atoms with E-state index < -0.39 is 14.1 Å². The van der Waals surface area contributed by atoms with Gasteiger partial charge in [0, 0.05) is 0 Å². The first kappa shape index (κ1) is 13.0. The second-order valence-corrected chi connectivity index (χ2v) is 10.2. The van der Waals surface area contributed by atoms with Crippen molar-refractivity contribution in [3.8, 4) is 5.75 Å². The van der Waals surface area contributed by atoms with E-state index in [2.05, 4.69) is 33.9 Å². The van der Waals surface area contributed by atoms with Gasteiger partial charge in [-0.05, 0) is 30.3 Å². The van der Waals surface area contributed by atoms with E-state index >= 15 is 0 Å². The summed E-state index contributed by atoms with van der Waals surface area (Å²) in [4.78, 5) is 0. The summed E-state index contributed by atoms with van der Waals surface area (Å²) in [7, 11) is -1.95. The Morgan fingerprint density at radius 1 is 1.25 bits per heavy atom. The largest absolute Gasteiger partial charge is 0.542 e. The standard InChI is InChI=1S/C12H20FNOSi/c1-12(2,3)16(4,5)15-10-8-6-7-9(13)11(10)14/h6-8H,14H2,1-5H3. The summed E-state index contributed by atoms with van der Waals surface area (Å²) in [5.41, 5.74) is 5.76. The summed E-state index contributed by atoms with van der Waals surface area (Å²) >= 11 is 0. The van der Waals surface area contributed by atoms with Gasteiger partial charge in [0.25, 0.3) is 8.32 Å². The van der Waals surface area contributed by atoms with Gasteiger partial charge in [-0.2, -0.15) is 0 Å². The normalized spacial score (nSPS) is 12.6. The van der Waals surface area contributed by atoms with E-state index in [9.17, 15) is 4.39 Å². The summed E-state index contributed by atoms with van der Waals surface area (Å²) in [6.07, 6.45) is 0. The quantitative estimate of drug-likeness (QED) is 0.631. The summed E-state index contributed by atoms with van der Waals surface area (Å²) in [6.45, 7) is 10.6. The van der Waals surface area contributed by atoms with E-state index in [-0.39, 0.29) is 10.7 Å². The molecule has 0 aromatic heterocycles. The van der Waals surface area contributed by atoms with E-state index in [4.69, 9.17) is 10.2 Å². The Morgan fingerprint density at radius 2 is 1.81 bits per heavy atom. The fourth-order valence-electron chi connectivity index (χ4n) is 1.03.